The minimum absolute atomic E-state index is 0.148. The molecule has 0 aromatic heterocycles. The molecular formula is C19H20N4O. The summed E-state index contributed by atoms with van der Waals surface area (Å²) in [6.45, 7) is 0.694. The Balaban J connectivity index is 1.83. The van der Waals surface area contributed by atoms with Crippen LogP contribution in [-0.2, 0) is 11.2 Å². The third-order valence-electron chi connectivity index (χ3n) is 3.50. The summed E-state index contributed by atoms with van der Waals surface area (Å²) in [4.78, 5) is 13.8. The predicted octanol–water partition coefficient (Wildman–Crippen LogP) is 2.73. The van der Waals surface area contributed by atoms with Gasteiger partial charge in [-0.2, -0.15) is 10.4 Å². The Morgan fingerprint density at radius 1 is 1.21 bits per heavy atom. The maximum atomic E-state index is 11.8. The summed E-state index contributed by atoms with van der Waals surface area (Å²) in [7, 11) is 1.95. The number of anilines is 1. The van der Waals surface area contributed by atoms with Crippen molar-refractivity contribution in [3.63, 3.8) is 0 Å². The smallest absolute Gasteiger partial charge is 0.244 e. The fourth-order valence-corrected chi connectivity index (χ4v) is 2.16. The van der Waals surface area contributed by atoms with E-state index in [1.807, 2.05) is 66.5 Å². The molecule has 0 saturated heterocycles. The Morgan fingerprint density at radius 3 is 2.58 bits per heavy atom. The van der Waals surface area contributed by atoms with E-state index >= 15 is 0 Å². The molecule has 0 aliphatic carbocycles. The van der Waals surface area contributed by atoms with Gasteiger partial charge in [0.1, 0.15) is 0 Å². The van der Waals surface area contributed by atoms with Crippen LogP contribution in [0.4, 0.5) is 5.69 Å². The van der Waals surface area contributed by atoms with Crippen molar-refractivity contribution in [2.45, 2.75) is 12.8 Å². The molecule has 0 atom stereocenters. The molecule has 0 radical (unpaired) electrons. The standard InChI is InChI=1S/C19H20N4O/c1-23(13-5-12-20)18-10-8-17(9-11-18)15-21-22-19(24)14-16-6-3-2-4-7-16/h2-4,6-11,15H,5,13-14H2,1H3,(H,22,24)/b21-15-. The lowest BCUT2D eigenvalue weighted by molar-refractivity contribution is -0.120. The molecule has 0 spiro atoms. The van der Waals surface area contributed by atoms with Crippen LogP contribution in [-0.4, -0.2) is 25.7 Å². The molecular weight excluding hydrogens is 300 g/mol. The van der Waals surface area contributed by atoms with Crippen LogP contribution in [0.2, 0.25) is 0 Å². The molecule has 5 heteroatoms. The highest BCUT2D eigenvalue weighted by Gasteiger charge is 2.01. The molecule has 1 amide bonds. The average Bonchev–Trinajstić information content (AvgIpc) is 2.61. The molecule has 0 aliphatic heterocycles. The highest BCUT2D eigenvalue weighted by Crippen LogP contribution is 2.13. The number of nitrogens with one attached hydrogen (secondary N) is 1. The van der Waals surface area contributed by atoms with Crippen LogP contribution < -0.4 is 10.3 Å². The second-order valence-corrected chi connectivity index (χ2v) is 5.38. The molecule has 0 bridgehead atoms. The summed E-state index contributed by atoms with van der Waals surface area (Å²) >= 11 is 0. The van der Waals surface area contributed by atoms with Gasteiger partial charge >= 0.3 is 0 Å². The van der Waals surface area contributed by atoms with Crippen LogP contribution in [0.15, 0.2) is 59.7 Å². The van der Waals surface area contributed by atoms with E-state index in [1.54, 1.807) is 6.21 Å². The van der Waals surface area contributed by atoms with Gasteiger partial charge in [0, 0.05) is 19.3 Å². The van der Waals surface area contributed by atoms with E-state index in [2.05, 4.69) is 16.6 Å². The van der Waals surface area contributed by atoms with Crippen molar-refractivity contribution < 1.29 is 4.79 Å². The summed E-state index contributed by atoms with van der Waals surface area (Å²) in [5.74, 6) is -0.148. The molecule has 122 valence electrons. The van der Waals surface area contributed by atoms with Gasteiger partial charge in [0.05, 0.1) is 25.1 Å². The van der Waals surface area contributed by atoms with Gasteiger partial charge in [-0.05, 0) is 23.3 Å². The lowest BCUT2D eigenvalue weighted by Gasteiger charge is -2.17. The van der Waals surface area contributed by atoms with Gasteiger partial charge in [0.15, 0.2) is 0 Å². The lowest BCUT2D eigenvalue weighted by Crippen LogP contribution is -2.19. The van der Waals surface area contributed by atoms with Crippen molar-refractivity contribution in [1.82, 2.24) is 5.43 Å². The van der Waals surface area contributed by atoms with E-state index in [0.717, 1.165) is 16.8 Å². The van der Waals surface area contributed by atoms with E-state index in [1.165, 1.54) is 0 Å². The molecule has 0 unspecified atom stereocenters. The second kappa shape index (κ2) is 9.11. The lowest BCUT2D eigenvalue weighted by atomic mass is 10.1. The Kier molecular flexibility index (Phi) is 6.54. The summed E-state index contributed by atoms with van der Waals surface area (Å²) in [6.07, 6.45) is 2.41. The van der Waals surface area contributed by atoms with Gasteiger partial charge in [0.25, 0.3) is 0 Å². The SMILES string of the molecule is CN(CCC#N)c1ccc(/C=N\NC(=O)Cc2ccccc2)cc1. The number of benzene rings is 2. The zero-order chi connectivity index (χ0) is 17.2. The van der Waals surface area contributed by atoms with Crippen molar-refractivity contribution >= 4 is 17.8 Å². The molecule has 0 aliphatic rings. The highest BCUT2D eigenvalue weighted by atomic mass is 16.2. The maximum absolute atomic E-state index is 11.8. The van der Waals surface area contributed by atoms with Gasteiger partial charge in [0.2, 0.25) is 5.91 Å². The van der Waals surface area contributed by atoms with E-state index in [9.17, 15) is 4.79 Å². The summed E-state index contributed by atoms with van der Waals surface area (Å²) in [6, 6.07) is 19.4. The highest BCUT2D eigenvalue weighted by molar-refractivity contribution is 5.83. The normalized spacial score (nSPS) is 10.3. The van der Waals surface area contributed by atoms with E-state index in [0.29, 0.717) is 19.4 Å². The summed E-state index contributed by atoms with van der Waals surface area (Å²) in [5.41, 5.74) is 5.42. The van der Waals surface area contributed by atoms with Gasteiger partial charge in [-0.15, -0.1) is 0 Å². The quantitative estimate of drug-likeness (QED) is 0.630. The van der Waals surface area contributed by atoms with E-state index in [-0.39, 0.29) is 5.91 Å². The first-order valence-corrected chi connectivity index (χ1v) is 7.73. The number of carbonyl (C=O) groups is 1. The van der Waals surface area contributed by atoms with Gasteiger partial charge in [-0.1, -0.05) is 42.5 Å². The first-order valence-electron chi connectivity index (χ1n) is 7.73. The number of carbonyl (C=O) groups excluding carboxylic acids is 1. The minimum atomic E-state index is -0.148. The molecule has 2 aromatic rings. The first kappa shape index (κ1) is 17.2. The number of nitrogens with zero attached hydrogens (tertiary/aromatic N) is 3. The minimum Gasteiger partial charge on any atom is -0.374 e. The largest absolute Gasteiger partial charge is 0.374 e. The maximum Gasteiger partial charge on any atom is 0.244 e. The number of hydrogen-bond acceptors (Lipinski definition) is 4. The Hall–Kier alpha value is -3.13. The molecule has 1 N–H and O–H groups in total. The van der Waals surface area contributed by atoms with Crippen LogP contribution in [0.5, 0.6) is 0 Å². The molecule has 2 rings (SSSR count). The number of rotatable bonds is 7. The fourth-order valence-electron chi connectivity index (χ4n) is 2.16. The van der Waals surface area contributed by atoms with Gasteiger partial charge in [-0.25, -0.2) is 5.43 Å². The van der Waals surface area contributed by atoms with Crippen LogP contribution in [0, 0.1) is 11.3 Å². The monoisotopic (exact) mass is 320 g/mol. The molecule has 24 heavy (non-hydrogen) atoms. The Bertz CT molecular complexity index is 717. The van der Waals surface area contributed by atoms with Gasteiger partial charge < -0.3 is 4.90 Å². The zero-order valence-electron chi connectivity index (χ0n) is 13.6. The third-order valence-corrected chi connectivity index (χ3v) is 3.50. The molecule has 0 heterocycles. The van der Waals surface area contributed by atoms with Crippen LogP contribution in [0.25, 0.3) is 0 Å². The number of hydrazone groups is 1. The Labute approximate surface area is 142 Å². The van der Waals surface area contributed by atoms with Crippen molar-refractivity contribution in [1.29, 1.82) is 5.26 Å². The molecule has 0 fully saturated rings. The number of hydrogen-bond donors (Lipinski definition) is 1. The van der Waals surface area contributed by atoms with Crippen LogP contribution in [0.3, 0.4) is 0 Å². The van der Waals surface area contributed by atoms with Crippen LogP contribution >= 0.6 is 0 Å². The van der Waals surface area contributed by atoms with E-state index < -0.39 is 0 Å². The zero-order valence-corrected chi connectivity index (χ0v) is 13.6. The first-order chi connectivity index (χ1) is 11.7. The Morgan fingerprint density at radius 2 is 1.92 bits per heavy atom. The van der Waals surface area contributed by atoms with Crippen molar-refractivity contribution in [3.05, 3.63) is 65.7 Å². The second-order valence-electron chi connectivity index (χ2n) is 5.38. The van der Waals surface area contributed by atoms with Crippen LogP contribution in [0.1, 0.15) is 17.5 Å². The van der Waals surface area contributed by atoms with Crippen molar-refractivity contribution in [2.75, 3.05) is 18.5 Å². The number of nitriles is 1. The topological polar surface area (TPSA) is 68.5 Å². The van der Waals surface area contributed by atoms with Crippen molar-refractivity contribution in [2.24, 2.45) is 5.10 Å². The number of amides is 1. The summed E-state index contributed by atoms with van der Waals surface area (Å²) < 4.78 is 0. The molecule has 5 nitrogen and oxygen atoms in total. The molecule has 0 saturated carbocycles. The van der Waals surface area contributed by atoms with Gasteiger partial charge in [-0.3, -0.25) is 4.79 Å². The van der Waals surface area contributed by atoms with Crippen molar-refractivity contribution in [3.8, 4) is 6.07 Å². The van der Waals surface area contributed by atoms with E-state index in [4.69, 9.17) is 5.26 Å². The average molecular weight is 320 g/mol. The third kappa shape index (κ3) is 5.58. The predicted molar refractivity (Wildman–Crippen MR) is 95.8 cm³/mol. The fraction of sp³-hybridized carbons (Fsp3) is 0.211. The molecule has 2 aromatic carbocycles. The summed E-state index contributed by atoms with van der Waals surface area (Å²) in [5, 5.41) is 12.6.